The van der Waals surface area contributed by atoms with Crippen LogP contribution in [0.15, 0.2) is 36.9 Å². The standard InChI is InChI=1S/C21H24N6O2S/c22-19-14-23-16(13-24-19)18-12-15-17(30-18)3-11-29-21(15)4-9-26(10-5-21)20(28)2-8-27-7-1-6-25-27/h1,6-7,12-14H,2-5,8-11H2,(H2,22,24). The minimum absolute atomic E-state index is 0.180. The van der Waals surface area contributed by atoms with Gasteiger partial charge in [0.2, 0.25) is 5.91 Å². The van der Waals surface area contributed by atoms with Crippen LogP contribution in [0.2, 0.25) is 0 Å². The quantitative estimate of drug-likeness (QED) is 0.691. The zero-order valence-electron chi connectivity index (χ0n) is 16.7. The third kappa shape index (κ3) is 3.59. The molecule has 0 bridgehead atoms. The molecule has 0 saturated carbocycles. The summed E-state index contributed by atoms with van der Waals surface area (Å²) in [5.74, 6) is 0.601. The molecule has 1 spiro atoms. The Morgan fingerprint density at radius 3 is 2.87 bits per heavy atom. The first-order valence-electron chi connectivity index (χ1n) is 10.2. The van der Waals surface area contributed by atoms with E-state index in [0.717, 1.165) is 29.8 Å². The minimum Gasteiger partial charge on any atom is -0.382 e. The minimum atomic E-state index is -0.303. The van der Waals surface area contributed by atoms with Gasteiger partial charge in [-0.2, -0.15) is 5.10 Å². The second-order valence-corrected chi connectivity index (χ2v) is 8.90. The number of amides is 1. The van der Waals surface area contributed by atoms with Crippen molar-refractivity contribution < 1.29 is 9.53 Å². The van der Waals surface area contributed by atoms with E-state index in [1.807, 2.05) is 17.2 Å². The van der Waals surface area contributed by atoms with E-state index in [0.29, 0.717) is 38.5 Å². The van der Waals surface area contributed by atoms with Gasteiger partial charge in [0.25, 0.3) is 0 Å². The van der Waals surface area contributed by atoms with Crippen LogP contribution in [0.25, 0.3) is 10.6 Å². The summed E-state index contributed by atoms with van der Waals surface area (Å²) in [5.41, 5.74) is 7.47. The van der Waals surface area contributed by atoms with Crippen molar-refractivity contribution in [3.8, 4) is 10.6 Å². The molecule has 2 N–H and O–H groups in total. The molecule has 1 fully saturated rings. The summed E-state index contributed by atoms with van der Waals surface area (Å²) in [7, 11) is 0. The van der Waals surface area contributed by atoms with Gasteiger partial charge in [-0.25, -0.2) is 9.97 Å². The second kappa shape index (κ2) is 7.81. The molecule has 0 aromatic carbocycles. The Balaban J connectivity index is 1.29. The van der Waals surface area contributed by atoms with Crippen LogP contribution < -0.4 is 5.73 Å². The number of piperidine rings is 1. The summed E-state index contributed by atoms with van der Waals surface area (Å²) < 4.78 is 8.15. The third-order valence-corrected chi connectivity index (χ3v) is 7.19. The number of likely N-dealkylation sites (tertiary alicyclic amines) is 1. The van der Waals surface area contributed by atoms with Crippen molar-refractivity contribution >= 4 is 23.1 Å². The molecule has 8 nitrogen and oxygen atoms in total. The summed E-state index contributed by atoms with van der Waals surface area (Å²) in [6, 6.07) is 4.08. The first-order valence-corrected chi connectivity index (χ1v) is 11.0. The maximum atomic E-state index is 12.6. The Bertz CT molecular complexity index is 1020. The largest absolute Gasteiger partial charge is 0.382 e. The van der Waals surface area contributed by atoms with Crippen LogP contribution in [0, 0.1) is 0 Å². The summed E-state index contributed by atoms with van der Waals surface area (Å²) in [5, 5.41) is 4.17. The van der Waals surface area contributed by atoms with Gasteiger partial charge in [-0.15, -0.1) is 11.3 Å². The fraction of sp³-hybridized carbons (Fsp3) is 0.429. The molecule has 2 aliphatic heterocycles. The van der Waals surface area contributed by atoms with E-state index in [1.54, 1.807) is 34.6 Å². The first kappa shape index (κ1) is 19.2. The molecule has 30 heavy (non-hydrogen) atoms. The number of aryl methyl sites for hydroxylation is 1. The topological polar surface area (TPSA) is 99.2 Å². The van der Waals surface area contributed by atoms with Crippen molar-refractivity contribution in [1.29, 1.82) is 0 Å². The van der Waals surface area contributed by atoms with Gasteiger partial charge in [-0.05, 0) is 30.5 Å². The van der Waals surface area contributed by atoms with Crippen LogP contribution in [0.4, 0.5) is 5.82 Å². The molecule has 156 valence electrons. The number of ether oxygens (including phenoxy) is 1. The van der Waals surface area contributed by atoms with Crippen molar-refractivity contribution in [3.05, 3.63) is 47.4 Å². The van der Waals surface area contributed by atoms with Crippen LogP contribution in [-0.4, -0.2) is 50.3 Å². The fourth-order valence-electron chi connectivity index (χ4n) is 4.34. The molecule has 9 heteroatoms. The molecule has 3 aromatic rings. The van der Waals surface area contributed by atoms with E-state index in [1.165, 1.54) is 10.4 Å². The molecule has 0 unspecified atom stereocenters. The Morgan fingerprint density at radius 2 is 2.13 bits per heavy atom. The number of hydrogen-bond acceptors (Lipinski definition) is 7. The molecule has 0 radical (unpaired) electrons. The third-order valence-electron chi connectivity index (χ3n) is 5.97. The Kier molecular flexibility index (Phi) is 5.00. The Hall–Kier alpha value is -2.78. The highest BCUT2D eigenvalue weighted by Crippen LogP contribution is 2.46. The molecule has 0 aliphatic carbocycles. The monoisotopic (exact) mass is 424 g/mol. The van der Waals surface area contributed by atoms with Gasteiger partial charge in [-0.1, -0.05) is 0 Å². The van der Waals surface area contributed by atoms with Gasteiger partial charge < -0.3 is 15.4 Å². The van der Waals surface area contributed by atoms with Crippen LogP contribution in [0.1, 0.15) is 29.7 Å². The van der Waals surface area contributed by atoms with Gasteiger partial charge in [0.05, 0.1) is 35.2 Å². The smallest absolute Gasteiger partial charge is 0.224 e. The van der Waals surface area contributed by atoms with Gasteiger partial charge in [0, 0.05) is 49.7 Å². The van der Waals surface area contributed by atoms with Crippen molar-refractivity contribution in [2.75, 3.05) is 25.4 Å². The first-order chi connectivity index (χ1) is 14.6. The lowest BCUT2D eigenvalue weighted by molar-refractivity contribution is -0.140. The highest BCUT2D eigenvalue weighted by Gasteiger charge is 2.42. The van der Waals surface area contributed by atoms with E-state index < -0.39 is 0 Å². The van der Waals surface area contributed by atoms with Crippen molar-refractivity contribution in [3.63, 3.8) is 0 Å². The number of rotatable bonds is 4. The molecule has 0 atom stereocenters. The normalized spacial score (nSPS) is 17.8. The maximum absolute atomic E-state index is 12.6. The van der Waals surface area contributed by atoms with E-state index in [4.69, 9.17) is 10.5 Å². The van der Waals surface area contributed by atoms with Crippen molar-refractivity contribution in [2.24, 2.45) is 0 Å². The van der Waals surface area contributed by atoms with Gasteiger partial charge >= 0.3 is 0 Å². The summed E-state index contributed by atoms with van der Waals surface area (Å²) in [6.07, 6.45) is 9.95. The van der Waals surface area contributed by atoms with E-state index in [2.05, 4.69) is 21.1 Å². The molecular formula is C21H24N6O2S. The lowest BCUT2D eigenvalue weighted by Crippen LogP contribution is -2.48. The molecule has 3 aromatic heterocycles. The van der Waals surface area contributed by atoms with Gasteiger partial charge in [0.1, 0.15) is 5.82 Å². The lowest BCUT2D eigenvalue weighted by Gasteiger charge is -2.44. The van der Waals surface area contributed by atoms with Crippen LogP contribution >= 0.6 is 11.3 Å². The van der Waals surface area contributed by atoms with Gasteiger partial charge in [-0.3, -0.25) is 9.48 Å². The SMILES string of the molecule is Nc1cnc(-c2cc3c(s2)CCOC32CCN(C(=O)CCn3cccn3)CC2)cn1. The number of fused-ring (bicyclic) bond motifs is 2. The molecule has 5 rings (SSSR count). The maximum Gasteiger partial charge on any atom is 0.224 e. The number of aromatic nitrogens is 4. The zero-order valence-corrected chi connectivity index (χ0v) is 17.5. The summed E-state index contributed by atoms with van der Waals surface area (Å²) in [6.45, 7) is 2.76. The summed E-state index contributed by atoms with van der Waals surface area (Å²) >= 11 is 1.76. The molecule has 2 aliphatic rings. The number of hydrogen-bond donors (Lipinski definition) is 1. The Labute approximate surface area is 178 Å². The van der Waals surface area contributed by atoms with E-state index in [-0.39, 0.29) is 11.5 Å². The summed E-state index contributed by atoms with van der Waals surface area (Å²) in [4.78, 5) is 25.7. The molecule has 1 saturated heterocycles. The second-order valence-electron chi connectivity index (χ2n) is 7.77. The Morgan fingerprint density at radius 1 is 1.27 bits per heavy atom. The van der Waals surface area contributed by atoms with E-state index in [9.17, 15) is 4.79 Å². The number of carbonyl (C=O) groups excluding carboxylic acids is 1. The highest BCUT2D eigenvalue weighted by atomic mass is 32.1. The highest BCUT2D eigenvalue weighted by molar-refractivity contribution is 7.15. The average molecular weight is 425 g/mol. The molecular weight excluding hydrogens is 400 g/mol. The van der Waals surface area contributed by atoms with E-state index >= 15 is 0 Å². The van der Waals surface area contributed by atoms with Crippen molar-refractivity contribution in [1.82, 2.24) is 24.6 Å². The zero-order chi connectivity index (χ0) is 20.6. The molecule has 5 heterocycles. The van der Waals surface area contributed by atoms with Crippen LogP contribution in [-0.2, 0) is 28.1 Å². The lowest BCUT2D eigenvalue weighted by atomic mass is 9.82. The predicted octanol–water partition coefficient (Wildman–Crippen LogP) is 2.46. The molecule has 1 amide bonds. The van der Waals surface area contributed by atoms with Crippen LogP contribution in [0.5, 0.6) is 0 Å². The fourth-order valence-corrected chi connectivity index (χ4v) is 5.53. The van der Waals surface area contributed by atoms with Crippen molar-refractivity contribution in [2.45, 2.75) is 37.8 Å². The number of thiophene rings is 1. The van der Waals surface area contributed by atoms with Crippen LogP contribution in [0.3, 0.4) is 0 Å². The number of anilines is 1. The van der Waals surface area contributed by atoms with Gasteiger partial charge in [0.15, 0.2) is 0 Å². The number of nitrogens with zero attached hydrogens (tertiary/aromatic N) is 5. The number of carbonyl (C=O) groups is 1. The predicted molar refractivity (Wildman–Crippen MR) is 114 cm³/mol. The average Bonchev–Trinajstić information content (AvgIpc) is 3.44. The number of nitrogens with two attached hydrogens (primary N) is 1. The number of nitrogen functional groups attached to an aromatic ring is 1.